The van der Waals surface area contributed by atoms with Crippen LogP contribution in [-0.2, 0) is 11.2 Å². The molecule has 1 heterocycles. The topological polar surface area (TPSA) is 71.7 Å². The number of carbonyl (C=O) groups is 1. The maximum absolute atomic E-state index is 11.7. The van der Waals surface area contributed by atoms with Gasteiger partial charge in [-0.1, -0.05) is 20.8 Å². The Bertz CT molecular complexity index is 387. The second-order valence-corrected chi connectivity index (χ2v) is 4.91. The molecule has 0 bridgehead atoms. The Labute approximate surface area is 113 Å². The number of nitrogens with one attached hydrogen (secondary N) is 1. The number of carbonyl (C=O) groups excluding carboxylic acids is 1. The minimum Gasteiger partial charge on any atom is -0.456 e. The molecule has 19 heavy (non-hydrogen) atoms. The van der Waals surface area contributed by atoms with E-state index in [1.807, 2.05) is 20.8 Å². The van der Waals surface area contributed by atoms with Gasteiger partial charge in [-0.25, -0.2) is 0 Å². The highest BCUT2D eigenvalue weighted by atomic mass is 16.5. The zero-order valence-electron chi connectivity index (χ0n) is 11.8. The number of furan rings is 1. The number of amides is 1. The minimum absolute atomic E-state index is 0.152. The first-order valence-corrected chi connectivity index (χ1v) is 6.65. The van der Waals surface area contributed by atoms with Crippen molar-refractivity contribution >= 4 is 5.91 Å². The number of hydrogen-bond acceptors (Lipinski definition) is 4. The summed E-state index contributed by atoms with van der Waals surface area (Å²) in [6.45, 7) is 7.00. The summed E-state index contributed by atoms with van der Waals surface area (Å²) in [5.41, 5.74) is 0. The number of aliphatic hydroxyl groups excluding tert-OH is 1. The molecule has 0 aromatic carbocycles. The summed E-state index contributed by atoms with van der Waals surface area (Å²) in [7, 11) is 0. The zero-order valence-corrected chi connectivity index (χ0v) is 11.8. The third-order valence-electron chi connectivity index (χ3n) is 2.49. The second-order valence-electron chi connectivity index (χ2n) is 4.91. The Kier molecular flexibility index (Phi) is 6.59. The van der Waals surface area contributed by atoms with Gasteiger partial charge in [-0.05, 0) is 18.1 Å². The lowest BCUT2D eigenvalue weighted by Gasteiger charge is -2.12. The van der Waals surface area contributed by atoms with Crippen LogP contribution in [0.15, 0.2) is 16.5 Å². The van der Waals surface area contributed by atoms with E-state index >= 15 is 0 Å². The van der Waals surface area contributed by atoms with Gasteiger partial charge in [0, 0.05) is 19.6 Å². The van der Waals surface area contributed by atoms with Crippen molar-refractivity contribution in [3.8, 4) is 0 Å². The molecule has 108 valence electrons. The molecule has 1 aromatic heterocycles. The van der Waals surface area contributed by atoms with E-state index in [0.29, 0.717) is 12.5 Å². The summed E-state index contributed by atoms with van der Waals surface area (Å²) < 4.78 is 10.6. The predicted molar refractivity (Wildman–Crippen MR) is 72.1 cm³/mol. The van der Waals surface area contributed by atoms with E-state index in [1.165, 1.54) is 0 Å². The molecule has 1 amide bonds. The lowest BCUT2D eigenvalue weighted by atomic mass is 10.2. The van der Waals surface area contributed by atoms with E-state index < -0.39 is 6.10 Å². The SMILES string of the molecule is CCc1ccc(C(=O)NCC(O)COCC(C)C)o1. The van der Waals surface area contributed by atoms with Crippen LogP contribution in [0.4, 0.5) is 0 Å². The predicted octanol–water partition coefficient (Wildman–Crippen LogP) is 1.61. The van der Waals surface area contributed by atoms with Crippen molar-refractivity contribution in [2.24, 2.45) is 5.92 Å². The van der Waals surface area contributed by atoms with Crippen molar-refractivity contribution in [2.45, 2.75) is 33.3 Å². The van der Waals surface area contributed by atoms with Crippen LogP contribution in [0.5, 0.6) is 0 Å². The lowest BCUT2D eigenvalue weighted by molar-refractivity contribution is 0.0257. The van der Waals surface area contributed by atoms with E-state index in [1.54, 1.807) is 12.1 Å². The van der Waals surface area contributed by atoms with Gasteiger partial charge in [-0.15, -0.1) is 0 Å². The number of aliphatic hydroxyl groups is 1. The lowest BCUT2D eigenvalue weighted by Crippen LogP contribution is -2.34. The van der Waals surface area contributed by atoms with E-state index in [0.717, 1.165) is 12.2 Å². The number of aryl methyl sites for hydroxylation is 1. The first kappa shape index (κ1) is 15.7. The van der Waals surface area contributed by atoms with Gasteiger partial charge in [0.1, 0.15) is 5.76 Å². The number of ether oxygens (including phenoxy) is 1. The van der Waals surface area contributed by atoms with Crippen molar-refractivity contribution in [2.75, 3.05) is 19.8 Å². The molecule has 0 fully saturated rings. The first-order valence-electron chi connectivity index (χ1n) is 6.65. The molecule has 0 spiro atoms. The Morgan fingerprint density at radius 1 is 1.42 bits per heavy atom. The van der Waals surface area contributed by atoms with Gasteiger partial charge in [0.25, 0.3) is 5.91 Å². The molecule has 1 rings (SSSR count). The van der Waals surface area contributed by atoms with Crippen LogP contribution in [-0.4, -0.2) is 36.9 Å². The van der Waals surface area contributed by atoms with E-state index in [9.17, 15) is 9.90 Å². The standard InChI is InChI=1S/C14H23NO4/c1-4-12-5-6-13(19-12)14(17)15-7-11(16)9-18-8-10(2)3/h5-6,10-11,16H,4,7-9H2,1-3H3,(H,15,17). The molecule has 0 radical (unpaired) electrons. The fraction of sp³-hybridized carbons (Fsp3) is 0.643. The highest BCUT2D eigenvalue weighted by Crippen LogP contribution is 2.07. The molecular formula is C14H23NO4. The quantitative estimate of drug-likeness (QED) is 0.752. The highest BCUT2D eigenvalue weighted by Gasteiger charge is 2.12. The van der Waals surface area contributed by atoms with Crippen LogP contribution in [0.1, 0.15) is 37.1 Å². The first-order chi connectivity index (χ1) is 9.02. The Balaban J connectivity index is 2.25. The van der Waals surface area contributed by atoms with Crippen LogP contribution in [0.3, 0.4) is 0 Å². The molecule has 0 saturated heterocycles. The molecule has 1 unspecified atom stereocenters. The Morgan fingerprint density at radius 2 is 2.16 bits per heavy atom. The van der Waals surface area contributed by atoms with Crippen LogP contribution in [0.25, 0.3) is 0 Å². The van der Waals surface area contributed by atoms with Gasteiger partial charge in [-0.3, -0.25) is 4.79 Å². The molecule has 5 heteroatoms. The van der Waals surface area contributed by atoms with E-state index in [-0.39, 0.29) is 24.8 Å². The summed E-state index contributed by atoms with van der Waals surface area (Å²) in [5.74, 6) is 1.15. The van der Waals surface area contributed by atoms with Gasteiger partial charge >= 0.3 is 0 Å². The van der Waals surface area contributed by atoms with Crippen molar-refractivity contribution in [3.63, 3.8) is 0 Å². The van der Waals surface area contributed by atoms with Gasteiger partial charge in [0.15, 0.2) is 5.76 Å². The monoisotopic (exact) mass is 269 g/mol. The number of hydrogen-bond donors (Lipinski definition) is 2. The molecule has 1 atom stereocenters. The fourth-order valence-electron chi connectivity index (χ4n) is 1.49. The van der Waals surface area contributed by atoms with Crippen LogP contribution >= 0.6 is 0 Å². The summed E-state index contributed by atoms with van der Waals surface area (Å²) in [6.07, 6.45) is 0.0437. The van der Waals surface area contributed by atoms with E-state index in [2.05, 4.69) is 5.32 Å². The molecule has 5 nitrogen and oxygen atoms in total. The molecule has 0 aliphatic carbocycles. The Morgan fingerprint density at radius 3 is 2.74 bits per heavy atom. The van der Waals surface area contributed by atoms with Crippen molar-refractivity contribution in [1.82, 2.24) is 5.32 Å². The summed E-state index contributed by atoms with van der Waals surface area (Å²) >= 11 is 0. The van der Waals surface area contributed by atoms with Crippen LogP contribution in [0, 0.1) is 5.92 Å². The minimum atomic E-state index is -0.705. The van der Waals surface area contributed by atoms with Crippen molar-refractivity contribution in [3.05, 3.63) is 23.7 Å². The van der Waals surface area contributed by atoms with Gasteiger partial charge in [0.2, 0.25) is 0 Å². The van der Waals surface area contributed by atoms with Crippen LogP contribution in [0.2, 0.25) is 0 Å². The van der Waals surface area contributed by atoms with Crippen molar-refractivity contribution < 1.29 is 19.1 Å². The maximum atomic E-state index is 11.7. The smallest absolute Gasteiger partial charge is 0.287 e. The van der Waals surface area contributed by atoms with Gasteiger partial charge < -0.3 is 19.6 Å². The highest BCUT2D eigenvalue weighted by molar-refractivity contribution is 5.91. The molecular weight excluding hydrogens is 246 g/mol. The summed E-state index contributed by atoms with van der Waals surface area (Å²) in [4.78, 5) is 11.7. The molecule has 0 saturated carbocycles. The largest absolute Gasteiger partial charge is 0.456 e. The maximum Gasteiger partial charge on any atom is 0.287 e. The third-order valence-corrected chi connectivity index (χ3v) is 2.49. The molecule has 0 aliphatic heterocycles. The van der Waals surface area contributed by atoms with Gasteiger partial charge in [-0.2, -0.15) is 0 Å². The van der Waals surface area contributed by atoms with Crippen LogP contribution < -0.4 is 5.32 Å². The zero-order chi connectivity index (χ0) is 14.3. The summed E-state index contributed by atoms with van der Waals surface area (Å²) in [5, 5.41) is 12.3. The normalized spacial score (nSPS) is 12.7. The average Bonchev–Trinajstić information content (AvgIpc) is 2.84. The molecule has 0 aliphatic rings. The Hall–Kier alpha value is -1.33. The third kappa shape index (κ3) is 5.89. The van der Waals surface area contributed by atoms with Crippen molar-refractivity contribution in [1.29, 1.82) is 0 Å². The molecule has 2 N–H and O–H groups in total. The average molecular weight is 269 g/mol. The van der Waals surface area contributed by atoms with E-state index in [4.69, 9.17) is 9.15 Å². The fourth-order valence-corrected chi connectivity index (χ4v) is 1.49. The van der Waals surface area contributed by atoms with Gasteiger partial charge in [0.05, 0.1) is 12.7 Å². The second kappa shape index (κ2) is 7.96. The number of rotatable bonds is 8. The molecule has 1 aromatic rings. The summed E-state index contributed by atoms with van der Waals surface area (Å²) in [6, 6.07) is 3.41.